The number of hydrogen-bond acceptors (Lipinski definition) is 8. The van der Waals surface area contributed by atoms with Crippen LogP contribution in [0.1, 0.15) is 62.6 Å². The molecule has 0 radical (unpaired) electrons. The number of carbonyl (C=O) groups excluding carboxylic acids is 4. The molecule has 5 atom stereocenters. The van der Waals surface area contributed by atoms with Gasteiger partial charge in [0, 0.05) is 30.8 Å². The molecule has 3 saturated carbocycles. The number of unbranched alkanes of at least 4 members (excludes halogenated alkanes) is 2. The van der Waals surface area contributed by atoms with E-state index < -0.39 is 80.2 Å². The first-order valence-electron chi connectivity index (χ1n) is 17.5. The smallest absolute Gasteiger partial charge is 0.416 e. The van der Waals surface area contributed by atoms with Crippen molar-refractivity contribution in [2.75, 3.05) is 18.9 Å². The van der Waals surface area contributed by atoms with Crippen molar-refractivity contribution >= 4 is 39.5 Å². The number of sulfonamides is 1. The number of halogens is 3. The van der Waals surface area contributed by atoms with E-state index in [1.165, 1.54) is 17.0 Å². The Labute approximate surface area is 306 Å². The Bertz CT molecular complexity index is 1880. The normalized spacial score (nSPS) is 23.7. The Balaban J connectivity index is 1.36. The predicted molar refractivity (Wildman–Crippen MR) is 190 cm³/mol. The van der Waals surface area contributed by atoms with Gasteiger partial charge < -0.3 is 15.0 Å². The van der Waals surface area contributed by atoms with Crippen LogP contribution in [0.4, 0.5) is 23.7 Å². The Morgan fingerprint density at radius 3 is 2.42 bits per heavy atom. The van der Waals surface area contributed by atoms with E-state index in [1.807, 2.05) is 0 Å². The standard InChI is InChI=1S/C37H44F3N5O7S/c1-5-7-8-9-17-45(4)33(47)29-20-25(19-28(29)32(46)43-36(21-23(36)6-2)34(48)44-53(50,51)26-14-15-26)52-35(49)42-31-18-24(37(38,39)40)13-16-27(31)30-12-10-11-22(3)41-30/h5-6,10-13,16,18,23,25-26,28-29H,1-2,7-9,14-15,17,19-21H2,3-4H3,(H,42,49)(H,43,46)(H,44,48)/t23-,25-,28-,29-,36-/m1/s1. The maximum Gasteiger partial charge on any atom is 0.416 e. The molecule has 16 heteroatoms. The Kier molecular flexibility index (Phi) is 11.7. The van der Waals surface area contributed by atoms with Crippen LogP contribution in [0.25, 0.3) is 11.3 Å². The molecule has 0 bridgehead atoms. The van der Waals surface area contributed by atoms with Gasteiger partial charge in [-0.25, -0.2) is 13.2 Å². The monoisotopic (exact) mass is 759 g/mol. The third-order valence-electron chi connectivity index (χ3n) is 9.97. The molecule has 12 nitrogen and oxygen atoms in total. The third kappa shape index (κ3) is 9.26. The number of rotatable bonds is 15. The molecule has 0 spiro atoms. The van der Waals surface area contributed by atoms with Crippen LogP contribution in [0, 0.1) is 24.7 Å². The Morgan fingerprint density at radius 1 is 1.08 bits per heavy atom. The van der Waals surface area contributed by atoms with Crippen LogP contribution in [0.2, 0.25) is 0 Å². The molecule has 0 saturated heterocycles. The fourth-order valence-corrected chi connectivity index (χ4v) is 8.10. The molecular formula is C37H44F3N5O7S. The number of carbonyl (C=O) groups is 4. The highest BCUT2D eigenvalue weighted by Gasteiger charge is 2.62. The number of alkyl halides is 3. The predicted octanol–water partition coefficient (Wildman–Crippen LogP) is 5.50. The summed E-state index contributed by atoms with van der Waals surface area (Å²) < 4.78 is 74.0. The second kappa shape index (κ2) is 15.7. The quantitative estimate of drug-likeness (QED) is 0.158. The molecule has 3 aliphatic carbocycles. The highest BCUT2D eigenvalue weighted by molar-refractivity contribution is 7.91. The van der Waals surface area contributed by atoms with E-state index in [0.29, 0.717) is 37.2 Å². The zero-order chi connectivity index (χ0) is 38.7. The lowest BCUT2D eigenvalue weighted by atomic mass is 9.93. The van der Waals surface area contributed by atoms with Crippen LogP contribution in [-0.4, -0.2) is 72.6 Å². The van der Waals surface area contributed by atoms with Crippen molar-refractivity contribution in [2.24, 2.45) is 17.8 Å². The highest BCUT2D eigenvalue weighted by atomic mass is 32.2. The van der Waals surface area contributed by atoms with Gasteiger partial charge in [-0.1, -0.05) is 24.3 Å². The number of benzene rings is 1. The van der Waals surface area contributed by atoms with E-state index in [0.717, 1.165) is 25.0 Å². The van der Waals surface area contributed by atoms with E-state index in [1.54, 1.807) is 38.2 Å². The molecule has 0 aliphatic heterocycles. The molecule has 2 aromatic rings. The van der Waals surface area contributed by atoms with Gasteiger partial charge in [0.15, 0.2) is 0 Å². The lowest BCUT2D eigenvalue weighted by Crippen LogP contribution is -2.54. The first-order valence-corrected chi connectivity index (χ1v) is 19.0. The number of hydrogen-bond donors (Lipinski definition) is 3. The van der Waals surface area contributed by atoms with Crippen LogP contribution in [0.3, 0.4) is 0 Å². The van der Waals surface area contributed by atoms with E-state index in [2.05, 4.69) is 33.5 Å². The van der Waals surface area contributed by atoms with Crippen LogP contribution < -0.4 is 15.4 Å². The van der Waals surface area contributed by atoms with Crippen molar-refractivity contribution in [3.05, 3.63) is 73.0 Å². The van der Waals surface area contributed by atoms with Gasteiger partial charge in [-0.05, 0) is 82.6 Å². The van der Waals surface area contributed by atoms with Gasteiger partial charge >= 0.3 is 12.3 Å². The first-order chi connectivity index (χ1) is 25.0. The minimum Gasteiger partial charge on any atom is -0.446 e. The second-order valence-electron chi connectivity index (χ2n) is 14.0. The number of nitrogens with zero attached hydrogens (tertiary/aromatic N) is 2. The van der Waals surface area contributed by atoms with E-state index >= 15 is 0 Å². The molecule has 3 N–H and O–H groups in total. The summed E-state index contributed by atoms with van der Waals surface area (Å²) in [5, 5.41) is 4.43. The van der Waals surface area contributed by atoms with Crippen molar-refractivity contribution in [3.8, 4) is 11.3 Å². The van der Waals surface area contributed by atoms with Crippen LogP contribution in [0.5, 0.6) is 0 Å². The zero-order valence-corrected chi connectivity index (χ0v) is 30.4. The zero-order valence-electron chi connectivity index (χ0n) is 29.6. The molecule has 3 aliphatic rings. The Morgan fingerprint density at radius 2 is 1.79 bits per heavy atom. The molecular weight excluding hydrogens is 715 g/mol. The number of nitrogens with one attached hydrogen (secondary N) is 3. The summed E-state index contributed by atoms with van der Waals surface area (Å²) in [5.74, 6) is -4.64. The van der Waals surface area contributed by atoms with Crippen molar-refractivity contribution in [1.82, 2.24) is 19.9 Å². The number of pyridine rings is 1. The van der Waals surface area contributed by atoms with Crippen molar-refractivity contribution in [1.29, 1.82) is 0 Å². The number of allylic oxidation sites excluding steroid dienone is 1. The lowest BCUT2D eigenvalue weighted by molar-refractivity contribution is -0.140. The van der Waals surface area contributed by atoms with Crippen molar-refractivity contribution < 1.29 is 45.5 Å². The molecule has 5 rings (SSSR count). The summed E-state index contributed by atoms with van der Waals surface area (Å²) >= 11 is 0. The van der Waals surface area contributed by atoms with Gasteiger partial charge in [-0.15, -0.1) is 13.2 Å². The minimum absolute atomic E-state index is 0.0869. The van der Waals surface area contributed by atoms with Crippen LogP contribution >= 0.6 is 0 Å². The number of aromatic nitrogens is 1. The maximum absolute atomic E-state index is 14.0. The van der Waals surface area contributed by atoms with Gasteiger partial charge in [0.25, 0.3) is 5.91 Å². The summed E-state index contributed by atoms with van der Waals surface area (Å²) in [5.41, 5.74) is -1.69. The molecule has 4 amide bonds. The molecule has 1 heterocycles. The third-order valence-corrected chi connectivity index (χ3v) is 11.8. The molecule has 1 aromatic carbocycles. The van der Waals surface area contributed by atoms with Gasteiger partial charge in [0.2, 0.25) is 21.8 Å². The number of aryl methyl sites for hydroxylation is 1. The van der Waals surface area contributed by atoms with Crippen LogP contribution in [-0.2, 0) is 35.3 Å². The summed E-state index contributed by atoms with van der Waals surface area (Å²) in [6, 6.07) is 7.83. The molecule has 3 fully saturated rings. The van der Waals surface area contributed by atoms with E-state index in [-0.39, 0.29) is 30.5 Å². The average molecular weight is 760 g/mol. The Hall–Kier alpha value is -4.73. The van der Waals surface area contributed by atoms with Gasteiger partial charge in [-0.2, -0.15) is 13.2 Å². The number of amides is 4. The maximum atomic E-state index is 14.0. The van der Waals surface area contributed by atoms with Crippen molar-refractivity contribution in [2.45, 2.75) is 81.4 Å². The lowest BCUT2D eigenvalue weighted by Gasteiger charge is -2.26. The molecule has 53 heavy (non-hydrogen) atoms. The second-order valence-corrected chi connectivity index (χ2v) is 15.9. The van der Waals surface area contributed by atoms with E-state index in [9.17, 15) is 40.8 Å². The summed E-state index contributed by atoms with van der Waals surface area (Å²) in [6.45, 7) is 9.49. The average Bonchev–Trinajstić information content (AvgIpc) is 4.02. The van der Waals surface area contributed by atoms with Crippen LogP contribution in [0.15, 0.2) is 61.7 Å². The summed E-state index contributed by atoms with van der Waals surface area (Å²) in [4.78, 5) is 60.2. The summed E-state index contributed by atoms with van der Waals surface area (Å²) in [6.07, 6.45) is -0.722. The fourth-order valence-electron chi connectivity index (χ4n) is 6.74. The van der Waals surface area contributed by atoms with Gasteiger partial charge in [0.05, 0.1) is 34.0 Å². The van der Waals surface area contributed by atoms with Gasteiger partial charge in [0.1, 0.15) is 11.6 Å². The fraction of sp³-hybridized carbons (Fsp3) is 0.486. The topological polar surface area (TPSA) is 164 Å². The van der Waals surface area contributed by atoms with Gasteiger partial charge in [-0.3, -0.25) is 29.4 Å². The SMILES string of the molecule is C=CCCCCN(C)C(=O)[C@@H]1C[C@H](OC(=O)Nc2cc(C(F)(F)F)ccc2-c2cccc(C)n2)C[C@H]1C(=O)N[C@]1(C(=O)NS(=O)(=O)C2CC2)C[C@H]1C=C. The summed E-state index contributed by atoms with van der Waals surface area (Å²) in [7, 11) is -2.34. The molecule has 0 unspecified atom stereocenters. The molecule has 1 aromatic heterocycles. The highest BCUT2D eigenvalue weighted by Crippen LogP contribution is 2.46. The van der Waals surface area contributed by atoms with Crippen molar-refractivity contribution in [3.63, 3.8) is 0 Å². The number of anilines is 1. The minimum atomic E-state index is -4.71. The molecule has 286 valence electrons. The largest absolute Gasteiger partial charge is 0.446 e. The van der Waals surface area contributed by atoms with E-state index in [4.69, 9.17) is 4.74 Å². The first kappa shape index (κ1) is 39.5. The number of ether oxygens (including phenoxy) is 1.